The third kappa shape index (κ3) is 4.97. The highest BCUT2D eigenvalue weighted by molar-refractivity contribution is 5.88. The number of carbonyl (C=O) groups excluding carboxylic acids is 1. The summed E-state index contributed by atoms with van der Waals surface area (Å²) in [5, 5.41) is 0. The molecule has 0 aliphatic rings. The molecule has 2 rings (SSSR count). The number of aromatic nitrogens is 4. The minimum Gasteiger partial charge on any atom is -0.478 e. The van der Waals surface area contributed by atoms with Gasteiger partial charge in [-0.2, -0.15) is 4.98 Å². The maximum absolute atomic E-state index is 11.5. The Morgan fingerprint density at radius 1 is 1.04 bits per heavy atom. The van der Waals surface area contributed by atoms with Crippen molar-refractivity contribution in [3.8, 4) is 5.88 Å². The van der Waals surface area contributed by atoms with Crippen molar-refractivity contribution >= 4 is 5.97 Å². The van der Waals surface area contributed by atoms with E-state index in [9.17, 15) is 4.79 Å². The summed E-state index contributed by atoms with van der Waals surface area (Å²) in [7, 11) is 1.33. The zero-order valence-corrected chi connectivity index (χ0v) is 16.2. The Kier molecular flexibility index (Phi) is 5.90. The molecule has 7 heteroatoms. The van der Waals surface area contributed by atoms with Crippen LogP contribution in [0.1, 0.15) is 63.0 Å². The van der Waals surface area contributed by atoms with Gasteiger partial charge in [0.2, 0.25) is 5.88 Å². The van der Waals surface area contributed by atoms with Crippen LogP contribution in [0.4, 0.5) is 0 Å². The molecule has 0 aromatic carbocycles. The summed E-state index contributed by atoms with van der Waals surface area (Å²) in [5.41, 5.74) is -0.110. The van der Waals surface area contributed by atoms with E-state index >= 15 is 0 Å². The molecule has 2 aromatic heterocycles. The minimum atomic E-state index is -0.448. The topological polar surface area (TPSA) is 87.1 Å². The molecule has 0 spiro atoms. The third-order valence-corrected chi connectivity index (χ3v) is 3.96. The van der Waals surface area contributed by atoms with E-state index in [1.165, 1.54) is 19.5 Å². The summed E-state index contributed by atoms with van der Waals surface area (Å²) < 4.78 is 10.5. The second-order valence-electron chi connectivity index (χ2n) is 7.74. The molecule has 0 saturated carbocycles. The van der Waals surface area contributed by atoms with E-state index in [-0.39, 0.29) is 10.8 Å². The first-order valence-corrected chi connectivity index (χ1v) is 8.50. The molecule has 0 unspecified atom stereocenters. The Morgan fingerprint density at radius 2 is 1.69 bits per heavy atom. The molecule has 0 bridgehead atoms. The molecule has 140 valence electrons. The molecule has 7 nitrogen and oxygen atoms in total. The average molecular weight is 358 g/mol. The van der Waals surface area contributed by atoms with E-state index in [1.54, 1.807) is 12.3 Å². The SMILES string of the molecule is COC(=O)c1cnc(C(C)(C)CCOc2ccnc(C(C)(C)C)n2)nc1. The number of nitrogens with zero attached hydrogens (tertiary/aromatic N) is 4. The van der Waals surface area contributed by atoms with Gasteiger partial charge in [-0.3, -0.25) is 0 Å². The van der Waals surface area contributed by atoms with Crippen molar-refractivity contribution in [2.45, 2.75) is 51.9 Å². The summed E-state index contributed by atoms with van der Waals surface area (Å²) in [4.78, 5) is 28.8. The van der Waals surface area contributed by atoms with Crippen LogP contribution in [0, 0.1) is 0 Å². The summed E-state index contributed by atoms with van der Waals surface area (Å²) in [6, 6.07) is 1.75. The highest BCUT2D eigenvalue weighted by atomic mass is 16.5. The first-order valence-electron chi connectivity index (χ1n) is 8.50. The number of hydrogen-bond acceptors (Lipinski definition) is 7. The van der Waals surface area contributed by atoms with Crippen LogP contribution in [0.15, 0.2) is 24.7 Å². The smallest absolute Gasteiger partial charge is 0.341 e. The van der Waals surface area contributed by atoms with Crippen molar-refractivity contribution in [2.24, 2.45) is 0 Å². The van der Waals surface area contributed by atoms with Gasteiger partial charge in [-0.1, -0.05) is 34.6 Å². The van der Waals surface area contributed by atoms with Crippen LogP contribution in [-0.2, 0) is 15.6 Å². The Hall–Kier alpha value is -2.57. The van der Waals surface area contributed by atoms with Crippen molar-refractivity contribution in [3.05, 3.63) is 41.9 Å². The van der Waals surface area contributed by atoms with E-state index < -0.39 is 5.97 Å². The molecule has 2 aromatic rings. The van der Waals surface area contributed by atoms with Crippen molar-refractivity contribution in [1.29, 1.82) is 0 Å². The molecule has 2 heterocycles. The summed E-state index contributed by atoms with van der Waals surface area (Å²) in [6.45, 7) is 10.7. The predicted octanol–water partition coefficient (Wildman–Crippen LogP) is 3.10. The number of hydrogen-bond donors (Lipinski definition) is 0. The van der Waals surface area contributed by atoms with Crippen molar-refractivity contribution < 1.29 is 14.3 Å². The second-order valence-corrected chi connectivity index (χ2v) is 7.74. The molecule has 0 atom stereocenters. The lowest BCUT2D eigenvalue weighted by Gasteiger charge is -2.23. The monoisotopic (exact) mass is 358 g/mol. The number of esters is 1. The van der Waals surface area contributed by atoms with Crippen molar-refractivity contribution in [2.75, 3.05) is 13.7 Å². The van der Waals surface area contributed by atoms with Gasteiger partial charge in [-0.05, 0) is 6.42 Å². The average Bonchev–Trinajstić information content (AvgIpc) is 2.60. The van der Waals surface area contributed by atoms with Crippen LogP contribution in [0.25, 0.3) is 0 Å². The van der Waals surface area contributed by atoms with Gasteiger partial charge in [0.15, 0.2) is 0 Å². The van der Waals surface area contributed by atoms with Gasteiger partial charge in [0.05, 0.1) is 19.3 Å². The predicted molar refractivity (Wildman–Crippen MR) is 97.2 cm³/mol. The lowest BCUT2D eigenvalue weighted by Crippen LogP contribution is -2.24. The molecule has 0 aliphatic heterocycles. The van der Waals surface area contributed by atoms with Crippen molar-refractivity contribution in [1.82, 2.24) is 19.9 Å². The van der Waals surface area contributed by atoms with Crippen LogP contribution in [-0.4, -0.2) is 39.6 Å². The fourth-order valence-electron chi connectivity index (χ4n) is 2.21. The van der Waals surface area contributed by atoms with Crippen LogP contribution in [0.5, 0.6) is 5.88 Å². The zero-order chi connectivity index (χ0) is 19.4. The molecular formula is C19H26N4O3. The Labute approximate surface area is 154 Å². The Morgan fingerprint density at radius 3 is 2.27 bits per heavy atom. The molecular weight excluding hydrogens is 332 g/mol. The highest BCUT2D eigenvalue weighted by Crippen LogP contribution is 2.24. The number of carbonyl (C=O) groups is 1. The standard InChI is InChI=1S/C19H26N4O3/c1-18(2,3)16-20-9-7-14(23-16)26-10-8-19(4,5)17-21-11-13(12-22-17)15(24)25-6/h7,9,11-12H,8,10H2,1-6H3. The lowest BCUT2D eigenvalue weighted by molar-refractivity contribution is 0.0599. The van der Waals surface area contributed by atoms with Gasteiger partial charge in [-0.15, -0.1) is 0 Å². The summed E-state index contributed by atoms with van der Waals surface area (Å²) in [6.07, 6.45) is 5.37. The molecule has 0 fully saturated rings. The third-order valence-electron chi connectivity index (χ3n) is 3.96. The van der Waals surface area contributed by atoms with Crippen LogP contribution >= 0.6 is 0 Å². The van der Waals surface area contributed by atoms with E-state index in [0.717, 1.165) is 5.82 Å². The van der Waals surface area contributed by atoms with Gasteiger partial charge in [0.1, 0.15) is 11.6 Å². The molecule has 0 radical (unpaired) electrons. The van der Waals surface area contributed by atoms with Crippen LogP contribution < -0.4 is 4.74 Å². The first kappa shape index (κ1) is 19.8. The molecule has 26 heavy (non-hydrogen) atoms. The van der Waals surface area contributed by atoms with Crippen LogP contribution in [0.3, 0.4) is 0 Å². The number of rotatable bonds is 6. The number of ether oxygens (including phenoxy) is 2. The van der Waals surface area contributed by atoms with Gasteiger partial charge >= 0.3 is 5.97 Å². The Bertz CT molecular complexity index is 752. The van der Waals surface area contributed by atoms with Gasteiger partial charge in [0.25, 0.3) is 0 Å². The summed E-state index contributed by atoms with van der Waals surface area (Å²) in [5.74, 6) is 1.50. The van der Waals surface area contributed by atoms with E-state index in [0.29, 0.717) is 30.3 Å². The zero-order valence-electron chi connectivity index (χ0n) is 16.2. The molecule has 0 saturated heterocycles. The highest BCUT2D eigenvalue weighted by Gasteiger charge is 2.25. The molecule has 0 amide bonds. The number of methoxy groups -OCH3 is 1. The molecule has 0 N–H and O–H groups in total. The first-order chi connectivity index (χ1) is 12.1. The van der Waals surface area contributed by atoms with E-state index in [1.807, 2.05) is 13.8 Å². The fraction of sp³-hybridized carbons (Fsp3) is 0.526. The normalized spacial score (nSPS) is 11.9. The van der Waals surface area contributed by atoms with Gasteiger partial charge in [-0.25, -0.2) is 19.7 Å². The van der Waals surface area contributed by atoms with Gasteiger partial charge < -0.3 is 9.47 Å². The van der Waals surface area contributed by atoms with Crippen LogP contribution in [0.2, 0.25) is 0 Å². The van der Waals surface area contributed by atoms with E-state index in [2.05, 4.69) is 45.4 Å². The quantitative estimate of drug-likeness (QED) is 0.733. The fourth-order valence-corrected chi connectivity index (χ4v) is 2.21. The molecule has 0 aliphatic carbocycles. The van der Waals surface area contributed by atoms with E-state index in [4.69, 9.17) is 4.74 Å². The minimum absolute atomic E-state index is 0.131. The maximum atomic E-state index is 11.5. The Balaban J connectivity index is 1.99. The lowest BCUT2D eigenvalue weighted by atomic mass is 9.88. The van der Waals surface area contributed by atoms with Crippen molar-refractivity contribution in [3.63, 3.8) is 0 Å². The largest absolute Gasteiger partial charge is 0.478 e. The van der Waals surface area contributed by atoms with Gasteiger partial charge in [0, 0.05) is 35.5 Å². The summed E-state index contributed by atoms with van der Waals surface area (Å²) >= 11 is 0. The maximum Gasteiger partial charge on any atom is 0.341 e. The second kappa shape index (κ2) is 7.76.